The van der Waals surface area contributed by atoms with Gasteiger partial charge >= 0.3 is 0 Å². The quantitative estimate of drug-likeness (QED) is 0.825. The fraction of sp³-hybridized carbons (Fsp3) is 0.263. The molecule has 0 saturated carbocycles. The van der Waals surface area contributed by atoms with Gasteiger partial charge in [0.2, 0.25) is 11.8 Å². The van der Waals surface area contributed by atoms with Gasteiger partial charge in [0.15, 0.2) is 5.78 Å². The molecule has 2 amide bonds. The van der Waals surface area contributed by atoms with Crippen molar-refractivity contribution in [2.24, 2.45) is 0 Å². The predicted octanol–water partition coefficient (Wildman–Crippen LogP) is 3.19. The van der Waals surface area contributed by atoms with Crippen molar-refractivity contribution in [1.82, 2.24) is 0 Å². The number of nitrogens with zero attached hydrogens (tertiary/aromatic N) is 1. The van der Waals surface area contributed by atoms with E-state index in [1.165, 1.54) is 6.92 Å². The summed E-state index contributed by atoms with van der Waals surface area (Å²) in [5.74, 6) is -0.548. The maximum absolute atomic E-state index is 12.6. The normalized spacial score (nSPS) is 13.2. The zero-order valence-corrected chi connectivity index (χ0v) is 14.4. The molecule has 0 bridgehead atoms. The number of benzene rings is 1. The summed E-state index contributed by atoms with van der Waals surface area (Å²) in [7, 11) is 0. The van der Waals surface area contributed by atoms with Crippen molar-refractivity contribution in [2.75, 3.05) is 10.6 Å². The lowest BCUT2D eigenvalue weighted by Crippen LogP contribution is -2.14. The Morgan fingerprint density at radius 2 is 2.08 bits per heavy atom. The lowest BCUT2D eigenvalue weighted by atomic mass is 10.0. The Kier molecular flexibility index (Phi) is 4.59. The number of furan rings is 1. The number of amides is 2. The van der Waals surface area contributed by atoms with Gasteiger partial charge in [0, 0.05) is 17.7 Å². The van der Waals surface area contributed by atoms with Crippen LogP contribution in [0.5, 0.6) is 0 Å². The molecule has 0 fully saturated rings. The van der Waals surface area contributed by atoms with Crippen LogP contribution in [0.1, 0.15) is 57.4 Å². The minimum atomic E-state index is -0.455. The first-order valence-electron chi connectivity index (χ1n) is 8.19. The lowest BCUT2D eigenvalue weighted by molar-refractivity contribution is -0.116. The summed E-state index contributed by atoms with van der Waals surface area (Å²) in [5, 5.41) is 14.7. The molecular weight excluding hydrogens is 334 g/mol. The number of nitriles is 1. The second-order valence-electron chi connectivity index (χ2n) is 6.13. The minimum Gasteiger partial charge on any atom is -0.443 e. The van der Waals surface area contributed by atoms with Crippen LogP contribution in [0.2, 0.25) is 0 Å². The molecule has 7 nitrogen and oxygen atoms in total. The molecule has 1 aliphatic rings. The molecular formula is C19H17N3O4. The van der Waals surface area contributed by atoms with Crippen LogP contribution in [0.4, 0.5) is 11.6 Å². The molecule has 1 aromatic heterocycles. The third kappa shape index (κ3) is 3.22. The molecule has 0 spiro atoms. The van der Waals surface area contributed by atoms with Crippen LogP contribution in [0.3, 0.4) is 0 Å². The number of ketones is 1. The Balaban J connectivity index is 1.89. The second kappa shape index (κ2) is 6.84. The fourth-order valence-electron chi connectivity index (χ4n) is 3.05. The highest BCUT2D eigenvalue weighted by Crippen LogP contribution is 2.28. The number of carbonyl (C=O) groups excluding carboxylic acids is 3. The van der Waals surface area contributed by atoms with Crippen molar-refractivity contribution in [3.05, 3.63) is 46.2 Å². The number of hydrogen-bond donors (Lipinski definition) is 2. The molecule has 0 aliphatic carbocycles. The van der Waals surface area contributed by atoms with Crippen molar-refractivity contribution in [3.63, 3.8) is 0 Å². The third-order valence-corrected chi connectivity index (χ3v) is 4.27. The van der Waals surface area contributed by atoms with E-state index in [2.05, 4.69) is 10.6 Å². The number of Topliss-reactive ketones (excluding diaryl/α,β-unsaturated/α-hetero) is 1. The van der Waals surface area contributed by atoms with Crippen molar-refractivity contribution in [2.45, 2.75) is 33.1 Å². The summed E-state index contributed by atoms with van der Waals surface area (Å²) in [6, 6.07) is 6.90. The fourth-order valence-corrected chi connectivity index (χ4v) is 3.05. The molecule has 2 aromatic rings. The standard InChI is InChI=1S/C19H17N3O4/c1-10(23)17-11(2)26-19(14(17)9-20)22-18(25)13-6-7-15-12(8-13)4-3-5-16(24)21-15/h6-8H,3-5H2,1-2H3,(H,21,24)(H,22,25). The third-order valence-electron chi connectivity index (χ3n) is 4.27. The van der Waals surface area contributed by atoms with E-state index in [1.54, 1.807) is 25.1 Å². The summed E-state index contributed by atoms with van der Waals surface area (Å²) < 4.78 is 5.40. The van der Waals surface area contributed by atoms with Crippen LogP contribution in [-0.2, 0) is 11.2 Å². The van der Waals surface area contributed by atoms with E-state index in [4.69, 9.17) is 4.42 Å². The number of carbonyl (C=O) groups is 3. The second-order valence-corrected chi connectivity index (χ2v) is 6.13. The summed E-state index contributed by atoms with van der Waals surface area (Å²) in [6.45, 7) is 2.91. The van der Waals surface area contributed by atoms with Gasteiger partial charge in [-0.1, -0.05) is 0 Å². The van der Waals surface area contributed by atoms with Crippen LogP contribution >= 0.6 is 0 Å². The molecule has 132 valence electrons. The summed E-state index contributed by atoms with van der Waals surface area (Å²) in [6.07, 6.45) is 1.84. The molecule has 26 heavy (non-hydrogen) atoms. The smallest absolute Gasteiger partial charge is 0.258 e. The van der Waals surface area contributed by atoms with Gasteiger partial charge in [-0.2, -0.15) is 5.26 Å². The number of nitrogens with one attached hydrogen (secondary N) is 2. The summed E-state index contributed by atoms with van der Waals surface area (Å²) in [4.78, 5) is 35.8. The first-order chi connectivity index (χ1) is 12.4. The molecule has 2 N–H and O–H groups in total. The van der Waals surface area contributed by atoms with E-state index in [0.717, 1.165) is 5.56 Å². The maximum Gasteiger partial charge on any atom is 0.258 e. The van der Waals surface area contributed by atoms with E-state index in [9.17, 15) is 19.6 Å². The summed E-state index contributed by atoms with van der Waals surface area (Å²) in [5.41, 5.74) is 2.15. The maximum atomic E-state index is 12.6. The van der Waals surface area contributed by atoms with E-state index in [-0.39, 0.29) is 34.5 Å². The van der Waals surface area contributed by atoms with Crippen molar-refractivity contribution in [3.8, 4) is 6.07 Å². The first-order valence-corrected chi connectivity index (χ1v) is 8.19. The Morgan fingerprint density at radius 3 is 2.77 bits per heavy atom. The average molecular weight is 351 g/mol. The van der Waals surface area contributed by atoms with E-state index >= 15 is 0 Å². The van der Waals surface area contributed by atoms with Crippen LogP contribution in [-0.4, -0.2) is 17.6 Å². The van der Waals surface area contributed by atoms with Gasteiger partial charge in [-0.3, -0.25) is 19.7 Å². The number of fused-ring (bicyclic) bond motifs is 1. The summed E-state index contributed by atoms with van der Waals surface area (Å²) >= 11 is 0. The van der Waals surface area contributed by atoms with Gasteiger partial charge < -0.3 is 9.73 Å². The van der Waals surface area contributed by atoms with Gasteiger partial charge in [-0.25, -0.2) is 0 Å². The van der Waals surface area contributed by atoms with Gasteiger partial charge in [0.05, 0.1) is 5.56 Å². The molecule has 0 atom stereocenters. The van der Waals surface area contributed by atoms with Crippen LogP contribution in [0.15, 0.2) is 22.6 Å². The topological polar surface area (TPSA) is 112 Å². The SMILES string of the molecule is CC(=O)c1c(C)oc(NC(=O)c2ccc3c(c2)CCCC(=O)N3)c1C#N. The van der Waals surface area contributed by atoms with Crippen molar-refractivity contribution >= 4 is 29.2 Å². The van der Waals surface area contributed by atoms with Gasteiger partial charge in [-0.05, 0) is 50.5 Å². The molecule has 3 rings (SSSR count). The van der Waals surface area contributed by atoms with Gasteiger partial charge in [0.1, 0.15) is 17.4 Å². The molecule has 1 aromatic carbocycles. The van der Waals surface area contributed by atoms with Gasteiger partial charge in [0.25, 0.3) is 5.91 Å². The molecule has 1 aliphatic heterocycles. The Morgan fingerprint density at radius 1 is 1.31 bits per heavy atom. The van der Waals surface area contributed by atoms with Crippen molar-refractivity contribution in [1.29, 1.82) is 5.26 Å². The van der Waals surface area contributed by atoms with Gasteiger partial charge in [-0.15, -0.1) is 0 Å². The van der Waals surface area contributed by atoms with Crippen LogP contribution in [0, 0.1) is 18.3 Å². The van der Waals surface area contributed by atoms with E-state index in [1.807, 2.05) is 6.07 Å². The minimum absolute atomic E-state index is 0.0189. The molecule has 0 unspecified atom stereocenters. The highest BCUT2D eigenvalue weighted by atomic mass is 16.4. The molecule has 7 heteroatoms. The predicted molar refractivity (Wildman–Crippen MR) is 94.1 cm³/mol. The molecule has 0 radical (unpaired) electrons. The zero-order valence-electron chi connectivity index (χ0n) is 14.4. The number of hydrogen-bond acceptors (Lipinski definition) is 5. The molecule has 2 heterocycles. The largest absolute Gasteiger partial charge is 0.443 e. The number of rotatable bonds is 3. The monoisotopic (exact) mass is 351 g/mol. The molecule has 0 saturated heterocycles. The average Bonchev–Trinajstić information content (AvgIpc) is 2.78. The van der Waals surface area contributed by atoms with Crippen LogP contribution < -0.4 is 10.6 Å². The lowest BCUT2D eigenvalue weighted by Gasteiger charge is -2.09. The van der Waals surface area contributed by atoms with E-state index in [0.29, 0.717) is 30.5 Å². The first kappa shape index (κ1) is 17.4. The van der Waals surface area contributed by atoms with E-state index < -0.39 is 5.91 Å². The highest BCUT2D eigenvalue weighted by molar-refractivity contribution is 6.06. The zero-order chi connectivity index (χ0) is 18.8. The van der Waals surface area contributed by atoms with Crippen LogP contribution in [0.25, 0.3) is 0 Å². The number of aryl methyl sites for hydroxylation is 2. The van der Waals surface area contributed by atoms with Crippen molar-refractivity contribution < 1.29 is 18.8 Å². The Bertz CT molecular complexity index is 966. The Hall–Kier alpha value is -3.40. The Labute approximate surface area is 150 Å². The number of anilines is 2. The highest BCUT2D eigenvalue weighted by Gasteiger charge is 2.23.